The fraction of sp³-hybridized carbons (Fsp3) is 0.347. The molecule has 574 valence electrons. The average molecular weight is 1500 g/mol. The number of nitro groups is 1. The van der Waals surface area contributed by atoms with Crippen molar-refractivity contribution in [3.05, 3.63) is 167 Å². The Kier molecular flexibility index (Phi) is 26.0. The molecule has 0 unspecified atom stereocenters. The van der Waals surface area contributed by atoms with E-state index in [9.17, 15) is 68.6 Å². The molecule has 0 fully saturated rings. The summed E-state index contributed by atoms with van der Waals surface area (Å²) in [5.41, 5.74) is 8.35. The molecule has 3 aliphatic heterocycles. The number of aromatic nitrogens is 5. The highest BCUT2D eigenvalue weighted by Gasteiger charge is 2.28. The summed E-state index contributed by atoms with van der Waals surface area (Å²) in [6, 6.07) is 11.2. The van der Waals surface area contributed by atoms with Crippen LogP contribution in [-0.4, -0.2) is 140 Å². The minimum Gasteiger partial charge on any atom is -0.490 e. The summed E-state index contributed by atoms with van der Waals surface area (Å²) >= 11 is 0. The van der Waals surface area contributed by atoms with Gasteiger partial charge in [-0.2, -0.15) is 0 Å². The van der Waals surface area contributed by atoms with Crippen molar-refractivity contribution >= 4 is 111 Å². The molecule has 37 nitrogen and oxygen atoms in total. The summed E-state index contributed by atoms with van der Waals surface area (Å²) in [6.45, 7) is 8.70. The van der Waals surface area contributed by atoms with Crippen molar-refractivity contribution in [2.24, 2.45) is 0 Å². The molecule has 15 N–H and O–H groups in total. The Morgan fingerprint density at radius 3 is 1.29 bits per heavy atom. The van der Waals surface area contributed by atoms with E-state index >= 15 is 0 Å². The first-order chi connectivity index (χ1) is 52.4. The summed E-state index contributed by atoms with van der Waals surface area (Å²) in [7, 11) is 1.75. The normalized spacial score (nSPS) is 13.7. The zero-order valence-electron chi connectivity index (χ0n) is 60.5. The molecule has 0 aliphatic carbocycles. The van der Waals surface area contributed by atoms with E-state index in [1.165, 1.54) is 60.7 Å². The maximum Gasteiger partial charge on any atom is 0.319 e. The molecule has 3 aliphatic rings. The van der Waals surface area contributed by atoms with Gasteiger partial charge in [-0.05, 0) is 153 Å². The first kappa shape index (κ1) is 78.4. The number of carboxylic acids is 3. The number of rotatable bonds is 23. The van der Waals surface area contributed by atoms with Gasteiger partial charge in [0.25, 0.3) is 0 Å². The molecule has 0 saturated heterocycles. The Morgan fingerprint density at radius 2 is 0.890 bits per heavy atom. The number of ether oxygens (including phenoxy) is 3. The van der Waals surface area contributed by atoms with Crippen LogP contribution in [0.15, 0.2) is 77.6 Å². The molecule has 6 aromatic carbocycles. The lowest BCUT2D eigenvalue weighted by molar-refractivity contribution is -0.383. The van der Waals surface area contributed by atoms with Crippen LogP contribution in [0, 0.1) is 24.0 Å². The fourth-order valence-corrected chi connectivity index (χ4v) is 13.1. The smallest absolute Gasteiger partial charge is 0.319 e. The van der Waals surface area contributed by atoms with Crippen LogP contribution in [0.4, 0.5) is 74.3 Å². The summed E-state index contributed by atoms with van der Waals surface area (Å²) in [5, 5.41) is 91.3. The van der Waals surface area contributed by atoms with Crippen LogP contribution in [0.1, 0.15) is 104 Å². The molecule has 0 saturated carbocycles. The predicted octanol–water partition coefficient (Wildman–Crippen LogP) is 8.21. The highest BCUT2D eigenvalue weighted by atomic mass is 16.6. The number of carboxylic acid groups (broad SMARTS) is 3. The van der Waals surface area contributed by atoms with Gasteiger partial charge < -0.3 is 98.2 Å². The van der Waals surface area contributed by atoms with E-state index < -0.39 is 78.3 Å². The molecular weight excluding hydrogens is 1420 g/mol. The minimum atomic E-state index is -1.17. The number of nitrogens with zero attached hydrogens (tertiary/aromatic N) is 7. The monoisotopic (exact) mass is 1500 g/mol. The van der Waals surface area contributed by atoms with Gasteiger partial charge in [0.2, 0.25) is 5.52 Å². The van der Waals surface area contributed by atoms with E-state index in [1.807, 2.05) is 20.8 Å². The lowest BCUT2D eigenvalue weighted by Crippen LogP contribution is -2.34. The standard InChI is InChI=1S/C72H83N19O18/c1-7-44-50-33-76-70(101)82-56-24-40(27-61(92)93)10-13-53(56)79-67(98)73-30-47-38(4)48-31-74-68(99)80-54-14-11-41(28-62(94)95)25-57(54)83-71(102)77-34-51(44)46(9-3)52(45(50)8-2)35-78-72(103)84-58-26-42(29-63(96)97)12-15-55(58)81-69(100)75-32-49(39(47)5)66(48)108-23-22-107-21-20-106-19-18-90-37-43(85-88-90)36-89(6)59-16-17-60(91(104)105)65-64(59)86-109-87-65/h10-17,24-26,37H,7-9,18-23,27-36H2,1-6H3,(H,92,93)(H,94,95)(H,96,97)(H2,73,79,98)(H2,74,80,99)(H2,75,81,100)(H2,76,82,101)(H2,77,83,102)(H2,78,84,103). The largest absolute Gasteiger partial charge is 0.490 e. The predicted molar refractivity (Wildman–Crippen MR) is 397 cm³/mol. The molecule has 11 rings (SSSR count). The van der Waals surface area contributed by atoms with Crippen LogP contribution in [0.5, 0.6) is 5.75 Å². The van der Waals surface area contributed by atoms with Crippen LogP contribution < -0.4 is 73.4 Å². The Hall–Kier alpha value is -13.2. The van der Waals surface area contributed by atoms with E-state index in [0.29, 0.717) is 81.7 Å². The number of nitrogens with one attached hydrogen (secondary N) is 12. The van der Waals surface area contributed by atoms with E-state index in [4.69, 9.17) is 18.8 Å². The zero-order chi connectivity index (χ0) is 78.0. The van der Waals surface area contributed by atoms with Crippen LogP contribution in [0.3, 0.4) is 0 Å². The van der Waals surface area contributed by atoms with Crippen molar-refractivity contribution in [2.75, 3.05) is 76.9 Å². The number of anilines is 7. The van der Waals surface area contributed by atoms with E-state index in [1.54, 1.807) is 42.7 Å². The quantitative estimate of drug-likeness (QED) is 0.0163. The number of hydrogen-bond acceptors (Lipinski definition) is 20. The Labute approximate surface area is 622 Å². The Morgan fingerprint density at radius 1 is 0.514 bits per heavy atom. The van der Waals surface area contributed by atoms with Gasteiger partial charge in [0, 0.05) is 63.5 Å². The van der Waals surface area contributed by atoms with Crippen LogP contribution in [0.2, 0.25) is 0 Å². The second kappa shape index (κ2) is 36.2. The summed E-state index contributed by atoms with van der Waals surface area (Å²) in [4.78, 5) is 135. The molecule has 8 aromatic rings. The number of hydrogen-bond donors (Lipinski definition) is 15. The zero-order valence-corrected chi connectivity index (χ0v) is 60.5. The molecule has 0 radical (unpaired) electrons. The number of non-ortho nitro benzene ring substituents is 1. The first-order valence-corrected chi connectivity index (χ1v) is 34.8. The van der Waals surface area contributed by atoms with Crippen molar-refractivity contribution in [3.8, 4) is 5.75 Å². The summed E-state index contributed by atoms with van der Waals surface area (Å²) in [5.74, 6) is -3.33. The number of nitro benzene ring substituents is 1. The van der Waals surface area contributed by atoms with E-state index in [-0.39, 0.29) is 152 Å². The Bertz CT molecular complexity index is 4650. The summed E-state index contributed by atoms with van der Waals surface area (Å²) < 4.78 is 24.9. The number of carbonyl (C=O) groups is 9. The van der Waals surface area contributed by atoms with Crippen molar-refractivity contribution in [3.63, 3.8) is 0 Å². The van der Waals surface area contributed by atoms with Gasteiger partial charge in [-0.25, -0.2) is 38.1 Å². The van der Waals surface area contributed by atoms with Crippen molar-refractivity contribution < 1.29 is 82.2 Å². The molecule has 12 amide bonds. The van der Waals surface area contributed by atoms with Crippen LogP contribution in [-0.2, 0) is 115 Å². The molecule has 2 aromatic heterocycles. The van der Waals surface area contributed by atoms with Crippen LogP contribution >= 0.6 is 0 Å². The van der Waals surface area contributed by atoms with Crippen molar-refractivity contribution in [2.45, 2.75) is 126 Å². The Balaban J connectivity index is 0.990. The number of amides is 12. The first-order valence-electron chi connectivity index (χ1n) is 34.8. The second-order valence-electron chi connectivity index (χ2n) is 25.4. The van der Waals surface area contributed by atoms with E-state index in [0.717, 1.165) is 16.7 Å². The van der Waals surface area contributed by atoms with E-state index in [2.05, 4.69) is 84.4 Å². The highest BCUT2D eigenvalue weighted by molar-refractivity contribution is 6.02. The average Bonchev–Trinajstić information content (AvgIpc) is 1.44. The molecule has 37 heteroatoms. The van der Waals surface area contributed by atoms with Crippen molar-refractivity contribution in [1.29, 1.82) is 0 Å². The molecular formula is C72H83N19O18. The highest BCUT2D eigenvalue weighted by Crippen LogP contribution is 2.37. The minimum absolute atomic E-state index is 0.00926. The second-order valence-corrected chi connectivity index (χ2v) is 25.4. The van der Waals surface area contributed by atoms with Crippen molar-refractivity contribution in [1.82, 2.24) is 57.2 Å². The van der Waals surface area contributed by atoms with Gasteiger partial charge in [-0.1, -0.05) is 44.2 Å². The molecule has 0 spiro atoms. The number of carbonyl (C=O) groups excluding carboxylic acids is 6. The maximum absolute atomic E-state index is 14.5. The lowest BCUT2D eigenvalue weighted by Gasteiger charge is -2.27. The van der Waals surface area contributed by atoms with Gasteiger partial charge in [0.05, 0.1) is 110 Å². The third-order valence-corrected chi connectivity index (χ3v) is 18.2. The third kappa shape index (κ3) is 20.1. The molecule has 6 bridgehead atoms. The maximum atomic E-state index is 14.5. The summed E-state index contributed by atoms with van der Waals surface area (Å²) in [6.07, 6.45) is 1.46. The van der Waals surface area contributed by atoms with Crippen LogP contribution in [0.25, 0.3) is 11.0 Å². The van der Waals surface area contributed by atoms with Gasteiger partial charge in [-0.15, -0.1) is 5.10 Å². The van der Waals surface area contributed by atoms with Gasteiger partial charge in [0.15, 0.2) is 5.52 Å². The van der Waals surface area contributed by atoms with Gasteiger partial charge >= 0.3 is 59.8 Å². The number of aliphatic carboxylic acids is 3. The van der Waals surface area contributed by atoms with Gasteiger partial charge in [0.1, 0.15) is 18.1 Å². The molecule has 109 heavy (non-hydrogen) atoms. The number of benzene rings is 6. The number of urea groups is 6. The molecule has 5 heterocycles. The lowest BCUT2D eigenvalue weighted by atomic mass is 9.83. The SMILES string of the molecule is CCc1c2c(CC)c3c(CC)c1CNC(=O)Nc1cc(CC(=O)O)ccc1NC(=O)NCc1c(C)c(c(C)c(c1OCCOCCOCCn1cc(CN(C)c4ccc([N+](=O)[O-])c5nonc45)nn1)CNC(=O)Nc1ccc(CC(=O)O)cc1NC(=O)NC3)CNC(=O)Nc1ccc(CC(=O)O)cc1NC(=O)NC2. The number of fused-ring (bicyclic) bond motifs is 19. The third-order valence-electron chi connectivity index (χ3n) is 18.2. The fourth-order valence-electron chi connectivity index (χ4n) is 13.1. The molecule has 0 atom stereocenters. The van der Waals surface area contributed by atoms with Gasteiger partial charge in [-0.3, -0.25) is 24.5 Å². The topological polar surface area (TPSA) is 502 Å².